The fourth-order valence-electron chi connectivity index (χ4n) is 1.82. The molecule has 0 aromatic heterocycles. The molecule has 2 rings (SSSR count). The van der Waals surface area contributed by atoms with Crippen LogP contribution >= 0.6 is 15.9 Å². The lowest BCUT2D eigenvalue weighted by Crippen LogP contribution is -2.15. The van der Waals surface area contributed by atoms with Crippen molar-refractivity contribution >= 4 is 33.5 Å². The third kappa shape index (κ3) is 3.68. The van der Waals surface area contributed by atoms with E-state index in [-0.39, 0.29) is 12.3 Å². The Morgan fingerprint density at radius 3 is 2.55 bits per heavy atom. The average molecular weight is 334 g/mol. The summed E-state index contributed by atoms with van der Waals surface area (Å²) in [5.74, 6) is -1.28. The van der Waals surface area contributed by atoms with E-state index in [2.05, 4.69) is 21.2 Å². The number of benzene rings is 2. The van der Waals surface area contributed by atoms with Gasteiger partial charge in [0, 0.05) is 15.7 Å². The van der Waals surface area contributed by atoms with Crippen LogP contribution in [0.5, 0.6) is 0 Å². The summed E-state index contributed by atoms with van der Waals surface area (Å²) in [5, 5.41) is 11.6. The Hall–Kier alpha value is -2.14. The Morgan fingerprint density at radius 1 is 1.10 bits per heavy atom. The van der Waals surface area contributed by atoms with Crippen LogP contribution in [0.4, 0.5) is 5.69 Å². The van der Waals surface area contributed by atoms with Crippen LogP contribution in [0.15, 0.2) is 53.0 Å². The molecule has 0 unspecified atom stereocenters. The van der Waals surface area contributed by atoms with Crippen molar-refractivity contribution in [1.29, 1.82) is 0 Å². The first kappa shape index (κ1) is 14.3. The number of hydrogen-bond acceptors (Lipinski definition) is 2. The van der Waals surface area contributed by atoms with Crippen LogP contribution in [0.1, 0.15) is 15.9 Å². The number of hydrogen-bond donors (Lipinski definition) is 2. The van der Waals surface area contributed by atoms with Gasteiger partial charge < -0.3 is 10.4 Å². The predicted molar refractivity (Wildman–Crippen MR) is 79.9 cm³/mol. The van der Waals surface area contributed by atoms with Crippen molar-refractivity contribution in [2.24, 2.45) is 0 Å². The summed E-state index contributed by atoms with van der Waals surface area (Å²) in [5.41, 5.74) is 1.51. The zero-order valence-corrected chi connectivity index (χ0v) is 12.1. The highest BCUT2D eigenvalue weighted by Crippen LogP contribution is 2.17. The normalized spacial score (nSPS) is 10.1. The fraction of sp³-hybridized carbons (Fsp3) is 0.0667. The molecule has 5 heteroatoms. The second-order valence-corrected chi connectivity index (χ2v) is 5.11. The molecule has 0 aliphatic rings. The number of carbonyl (C=O) groups is 2. The van der Waals surface area contributed by atoms with Crippen LogP contribution in [0, 0.1) is 0 Å². The molecule has 0 aliphatic carbocycles. The molecule has 4 nitrogen and oxygen atoms in total. The minimum Gasteiger partial charge on any atom is -0.481 e. The topological polar surface area (TPSA) is 66.4 Å². The van der Waals surface area contributed by atoms with Crippen LogP contribution in [0.2, 0.25) is 0 Å². The molecule has 0 saturated heterocycles. The fourth-order valence-corrected chi connectivity index (χ4v) is 2.22. The predicted octanol–water partition coefficient (Wildman–Crippen LogP) is 3.33. The highest BCUT2D eigenvalue weighted by Gasteiger charge is 2.13. The molecule has 1 amide bonds. The SMILES string of the molecule is O=C(O)Cc1ccccc1C(=O)Nc1cccc(Br)c1. The Balaban J connectivity index is 2.23. The molecule has 2 N–H and O–H groups in total. The van der Waals surface area contributed by atoms with Crippen molar-refractivity contribution in [3.05, 3.63) is 64.1 Å². The molecule has 0 atom stereocenters. The van der Waals surface area contributed by atoms with E-state index in [1.807, 2.05) is 12.1 Å². The van der Waals surface area contributed by atoms with Gasteiger partial charge in [-0.2, -0.15) is 0 Å². The van der Waals surface area contributed by atoms with Crippen molar-refractivity contribution in [1.82, 2.24) is 0 Å². The number of halogens is 1. The van der Waals surface area contributed by atoms with Crippen molar-refractivity contribution < 1.29 is 14.7 Å². The molecular formula is C15H12BrNO3. The molecule has 0 spiro atoms. The third-order valence-electron chi connectivity index (χ3n) is 2.69. The number of carboxylic acid groups (broad SMARTS) is 1. The van der Waals surface area contributed by atoms with E-state index >= 15 is 0 Å². The van der Waals surface area contributed by atoms with Crippen LogP contribution in [0.3, 0.4) is 0 Å². The quantitative estimate of drug-likeness (QED) is 0.901. The van der Waals surface area contributed by atoms with Crippen LogP contribution in [-0.2, 0) is 11.2 Å². The summed E-state index contributed by atoms with van der Waals surface area (Å²) in [6.45, 7) is 0. The molecule has 102 valence electrons. The Kier molecular flexibility index (Phi) is 4.53. The lowest BCUT2D eigenvalue weighted by atomic mass is 10.0. The molecule has 2 aromatic carbocycles. The molecule has 20 heavy (non-hydrogen) atoms. The van der Waals surface area contributed by atoms with Gasteiger partial charge in [0.2, 0.25) is 0 Å². The first-order chi connectivity index (χ1) is 9.56. The monoisotopic (exact) mass is 333 g/mol. The maximum absolute atomic E-state index is 12.2. The molecule has 0 radical (unpaired) electrons. The van der Waals surface area contributed by atoms with Crippen molar-refractivity contribution in [2.45, 2.75) is 6.42 Å². The number of rotatable bonds is 4. The molecular weight excluding hydrogens is 322 g/mol. The summed E-state index contributed by atoms with van der Waals surface area (Å²) in [4.78, 5) is 23.0. The molecule has 0 bridgehead atoms. The summed E-state index contributed by atoms with van der Waals surface area (Å²) < 4.78 is 0.856. The molecule has 0 aliphatic heterocycles. The maximum atomic E-state index is 12.2. The van der Waals surface area contributed by atoms with Gasteiger partial charge in [-0.3, -0.25) is 9.59 Å². The lowest BCUT2D eigenvalue weighted by Gasteiger charge is -2.09. The second kappa shape index (κ2) is 6.34. The van der Waals surface area contributed by atoms with E-state index in [9.17, 15) is 9.59 Å². The first-order valence-corrected chi connectivity index (χ1v) is 6.72. The number of carbonyl (C=O) groups excluding carboxylic acids is 1. The van der Waals surface area contributed by atoms with Gasteiger partial charge in [-0.05, 0) is 29.8 Å². The standard InChI is InChI=1S/C15H12BrNO3/c16-11-5-3-6-12(9-11)17-15(20)13-7-2-1-4-10(13)8-14(18)19/h1-7,9H,8H2,(H,17,20)(H,18,19). The molecule has 0 heterocycles. The molecule has 0 fully saturated rings. The highest BCUT2D eigenvalue weighted by atomic mass is 79.9. The van der Waals surface area contributed by atoms with E-state index in [4.69, 9.17) is 5.11 Å². The Labute approximate surface area is 124 Å². The summed E-state index contributed by atoms with van der Waals surface area (Å²) in [7, 11) is 0. The van der Waals surface area contributed by atoms with E-state index in [0.29, 0.717) is 16.8 Å². The van der Waals surface area contributed by atoms with E-state index < -0.39 is 5.97 Å². The summed E-state index contributed by atoms with van der Waals surface area (Å²) in [6, 6.07) is 13.9. The number of anilines is 1. The lowest BCUT2D eigenvalue weighted by molar-refractivity contribution is -0.136. The Bertz CT molecular complexity index is 655. The van der Waals surface area contributed by atoms with Gasteiger partial charge in [-0.1, -0.05) is 40.2 Å². The average Bonchev–Trinajstić information content (AvgIpc) is 2.38. The molecule has 2 aromatic rings. The van der Waals surface area contributed by atoms with Crippen LogP contribution < -0.4 is 5.32 Å². The van der Waals surface area contributed by atoms with Crippen LogP contribution in [-0.4, -0.2) is 17.0 Å². The van der Waals surface area contributed by atoms with E-state index in [0.717, 1.165) is 4.47 Å². The van der Waals surface area contributed by atoms with E-state index in [1.165, 1.54) is 0 Å². The van der Waals surface area contributed by atoms with Gasteiger partial charge >= 0.3 is 5.97 Å². The van der Waals surface area contributed by atoms with E-state index in [1.54, 1.807) is 36.4 Å². The highest BCUT2D eigenvalue weighted by molar-refractivity contribution is 9.10. The van der Waals surface area contributed by atoms with Gasteiger partial charge in [-0.25, -0.2) is 0 Å². The van der Waals surface area contributed by atoms with Gasteiger partial charge in [0.15, 0.2) is 0 Å². The van der Waals surface area contributed by atoms with Crippen molar-refractivity contribution in [2.75, 3.05) is 5.32 Å². The molecule has 0 saturated carbocycles. The van der Waals surface area contributed by atoms with Crippen molar-refractivity contribution in [3.63, 3.8) is 0 Å². The number of carboxylic acids is 1. The largest absolute Gasteiger partial charge is 0.481 e. The smallest absolute Gasteiger partial charge is 0.307 e. The maximum Gasteiger partial charge on any atom is 0.307 e. The second-order valence-electron chi connectivity index (χ2n) is 4.19. The van der Waals surface area contributed by atoms with Gasteiger partial charge in [-0.15, -0.1) is 0 Å². The van der Waals surface area contributed by atoms with Gasteiger partial charge in [0.1, 0.15) is 0 Å². The zero-order valence-electron chi connectivity index (χ0n) is 10.5. The van der Waals surface area contributed by atoms with Gasteiger partial charge in [0.05, 0.1) is 6.42 Å². The van der Waals surface area contributed by atoms with Gasteiger partial charge in [0.25, 0.3) is 5.91 Å². The number of amides is 1. The first-order valence-electron chi connectivity index (χ1n) is 5.93. The zero-order chi connectivity index (χ0) is 14.5. The third-order valence-corrected chi connectivity index (χ3v) is 3.18. The minimum absolute atomic E-state index is 0.178. The summed E-state index contributed by atoms with van der Waals surface area (Å²) in [6.07, 6.45) is -0.178. The van der Waals surface area contributed by atoms with Crippen molar-refractivity contribution in [3.8, 4) is 0 Å². The number of aliphatic carboxylic acids is 1. The number of nitrogens with one attached hydrogen (secondary N) is 1. The minimum atomic E-state index is -0.965. The Morgan fingerprint density at radius 2 is 1.85 bits per heavy atom. The van der Waals surface area contributed by atoms with Crippen LogP contribution in [0.25, 0.3) is 0 Å². The summed E-state index contributed by atoms with van der Waals surface area (Å²) >= 11 is 3.33.